The largest absolute Gasteiger partial charge is 0.446 e. The maximum atomic E-state index is 12.0. The Kier molecular flexibility index (Phi) is 5.75. The first-order chi connectivity index (χ1) is 15.0. The predicted molar refractivity (Wildman–Crippen MR) is 123 cm³/mol. The SMILES string of the molecule is C[C@H](Cc1ccc(-n2ccc(N)nc2=O)cc1)N1CC2C(C1)C2C(OC(N)=O)C(C)(C)C. The van der Waals surface area contributed by atoms with Crippen LogP contribution in [0.25, 0.3) is 5.69 Å². The number of likely N-dealkylation sites (tertiary alicyclic amines) is 1. The zero-order chi connectivity index (χ0) is 23.2. The van der Waals surface area contributed by atoms with Crippen LogP contribution in [0.2, 0.25) is 0 Å². The van der Waals surface area contributed by atoms with Gasteiger partial charge in [0.15, 0.2) is 0 Å². The molecule has 2 aromatic rings. The van der Waals surface area contributed by atoms with Crippen LogP contribution in [0.5, 0.6) is 0 Å². The number of carbonyl (C=O) groups excluding carboxylic acids is 1. The maximum absolute atomic E-state index is 12.0. The molecule has 1 amide bonds. The zero-order valence-electron chi connectivity index (χ0n) is 19.2. The second-order valence-corrected chi connectivity index (χ2v) is 10.3. The fourth-order valence-electron chi connectivity index (χ4n) is 5.25. The fourth-order valence-corrected chi connectivity index (χ4v) is 5.25. The Hall–Kier alpha value is -2.87. The highest BCUT2D eigenvalue weighted by molar-refractivity contribution is 5.65. The van der Waals surface area contributed by atoms with Crippen LogP contribution in [0, 0.1) is 23.2 Å². The van der Waals surface area contributed by atoms with E-state index < -0.39 is 6.09 Å². The van der Waals surface area contributed by atoms with Gasteiger partial charge in [0, 0.05) is 31.2 Å². The van der Waals surface area contributed by atoms with Gasteiger partial charge in [-0.1, -0.05) is 32.9 Å². The van der Waals surface area contributed by atoms with Gasteiger partial charge in [-0.15, -0.1) is 0 Å². The van der Waals surface area contributed by atoms with Crippen molar-refractivity contribution in [3.8, 4) is 5.69 Å². The molecular weight excluding hydrogens is 406 g/mol. The summed E-state index contributed by atoms with van der Waals surface area (Å²) in [6.07, 6.45) is 1.76. The molecule has 0 spiro atoms. The number of hydrogen-bond donors (Lipinski definition) is 2. The monoisotopic (exact) mass is 439 g/mol. The van der Waals surface area contributed by atoms with Gasteiger partial charge >= 0.3 is 11.8 Å². The van der Waals surface area contributed by atoms with Gasteiger partial charge < -0.3 is 16.2 Å². The minimum absolute atomic E-state index is 0.121. The van der Waals surface area contributed by atoms with Gasteiger partial charge in [0.05, 0.1) is 5.69 Å². The van der Waals surface area contributed by atoms with Gasteiger partial charge in [-0.2, -0.15) is 4.98 Å². The van der Waals surface area contributed by atoms with E-state index in [1.807, 2.05) is 12.1 Å². The van der Waals surface area contributed by atoms with Crippen LogP contribution in [-0.4, -0.2) is 45.8 Å². The van der Waals surface area contributed by atoms with Gasteiger partial charge in [-0.25, -0.2) is 9.59 Å². The molecule has 32 heavy (non-hydrogen) atoms. The number of nitrogen functional groups attached to an aromatic ring is 1. The number of anilines is 1. The summed E-state index contributed by atoms with van der Waals surface area (Å²) in [5.41, 5.74) is 12.4. The Labute approximate surface area is 188 Å². The molecule has 8 heteroatoms. The molecule has 4 atom stereocenters. The summed E-state index contributed by atoms with van der Waals surface area (Å²) in [6, 6.07) is 10.0. The second-order valence-electron chi connectivity index (χ2n) is 10.3. The molecule has 8 nitrogen and oxygen atoms in total. The van der Waals surface area contributed by atoms with Gasteiger partial charge in [-0.05, 0) is 54.4 Å². The summed E-state index contributed by atoms with van der Waals surface area (Å²) in [5.74, 6) is 1.75. The van der Waals surface area contributed by atoms with Crippen molar-refractivity contribution in [3.05, 3.63) is 52.6 Å². The molecule has 1 aliphatic heterocycles. The van der Waals surface area contributed by atoms with Crippen LogP contribution < -0.4 is 17.2 Å². The first-order valence-electron chi connectivity index (χ1n) is 11.2. The summed E-state index contributed by atoms with van der Waals surface area (Å²) in [7, 11) is 0. The van der Waals surface area contributed by atoms with Crippen molar-refractivity contribution in [1.82, 2.24) is 14.5 Å². The lowest BCUT2D eigenvalue weighted by Crippen LogP contribution is -2.41. The number of rotatable bonds is 6. The Morgan fingerprint density at radius 2 is 1.81 bits per heavy atom. The summed E-state index contributed by atoms with van der Waals surface area (Å²) >= 11 is 0. The van der Waals surface area contributed by atoms with Gasteiger partial charge in [0.1, 0.15) is 11.9 Å². The third kappa shape index (κ3) is 4.50. The van der Waals surface area contributed by atoms with Crippen molar-refractivity contribution in [2.24, 2.45) is 28.9 Å². The van der Waals surface area contributed by atoms with Crippen LogP contribution >= 0.6 is 0 Å². The number of benzene rings is 1. The van der Waals surface area contributed by atoms with E-state index in [2.05, 4.69) is 49.7 Å². The third-order valence-electron chi connectivity index (χ3n) is 6.93. The summed E-state index contributed by atoms with van der Waals surface area (Å²) in [5, 5.41) is 0. The first-order valence-corrected chi connectivity index (χ1v) is 11.2. The number of amides is 1. The molecule has 4 N–H and O–H groups in total. The van der Waals surface area contributed by atoms with Crippen LogP contribution in [0.15, 0.2) is 41.3 Å². The Morgan fingerprint density at radius 1 is 1.19 bits per heavy atom. The van der Waals surface area contributed by atoms with Crippen molar-refractivity contribution in [3.63, 3.8) is 0 Å². The lowest BCUT2D eigenvalue weighted by Gasteiger charge is -2.33. The molecule has 0 radical (unpaired) electrons. The minimum atomic E-state index is -0.680. The standard InChI is InChI=1S/C24H33N5O3/c1-14(11-15-5-7-16(8-6-15)29-10-9-19(25)27-23(29)31)28-12-17-18(13-28)20(17)21(24(2,3)4)32-22(26)30/h5-10,14,17-18,20-21H,11-13H2,1-4H3,(H2,26,30)(H2,25,27,31)/t14-,17?,18?,20?,21?/m1/s1. The highest BCUT2D eigenvalue weighted by Crippen LogP contribution is 2.57. The van der Waals surface area contributed by atoms with E-state index in [0.29, 0.717) is 23.8 Å². The average molecular weight is 440 g/mol. The molecule has 1 aliphatic carbocycles. The molecule has 2 fully saturated rings. The van der Waals surface area contributed by atoms with Gasteiger partial charge in [0.2, 0.25) is 0 Å². The Bertz CT molecular complexity index is 1030. The molecule has 4 rings (SSSR count). The van der Waals surface area contributed by atoms with Crippen molar-refractivity contribution in [2.75, 3.05) is 18.8 Å². The van der Waals surface area contributed by atoms with Gasteiger partial charge in [0.25, 0.3) is 0 Å². The third-order valence-corrected chi connectivity index (χ3v) is 6.93. The molecule has 1 saturated carbocycles. The van der Waals surface area contributed by atoms with E-state index in [-0.39, 0.29) is 23.0 Å². The number of piperidine rings is 1. The van der Waals surface area contributed by atoms with E-state index >= 15 is 0 Å². The number of aromatic nitrogens is 2. The van der Waals surface area contributed by atoms with E-state index in [0.717, 1.165) is 25.2 Å². The van der Waals surface area contributed by atoms with Crippen molar-refractivity contribution < 1.29 is 9.53 Å². The number of ether oxygens (including phenoxy) is 1. The molecule has 172 valence electrons. The van der Waals surface area contributed by atoms with Crippen LogP contribution in [0.1, 0.15) is 33.3 Å². The van der Waals surface area contributed by atoms with E-state index in [9.17, 15) is 9.59 Å². The molecule has 1 aromatic heterocycles. The van der Waals surface area contributed by atoms with Crippen LogP contribution in [0.4, 0.5) is 10.6 Å². The highest BCUT2D eigenvalue weighted by Gasteiger charge is 2.62. The molecule has 1 aromatic carbocycles. The van der Waals surface area contributed by atoms with Gasteiger partial charge in [-0.3, -0.25) is 9.47 Å². The second kappa shape index (κ2) is 8.24. The predicted octanol–water partition coefficient (Wildman–Crippen LogP) is 2.43. The number of fused-ring (bicyclic) bond motifs is 1. The normalized spacial score (nSPS) is 24.6. The number of nitrogens with two attached hydrogens (primary N) is 2. The smallest absolute Gasteiger partial charge is 0.404 e. The van der Waals surface area contributed by atoms with E-state index in [4.69, 9.17) is 16.2 Å². The average Bonchev–Trinajstić information content (AvgIpc) is 3.16. The zero-order valence-corrected chi connectivity index (χ0v) is 19.2. The topological polar surface area (TPSA) is 116 Å². The lowest BCUT2D eigenvalue weighted by molar-refractivity contribution is 0.00891. The fraction of sp³-hybridized carbons (Fsp3) is 0.542. The number of primary amides is 1. The Balaban J connectivity index is 1.35. The van der Waals surface area contributed by atoms with Crippen LogP contribution in [0.3, 0.4) is 0 Å². The summed E-state index contributed by atoms with van der Waals surface area (Å²) in [4.78, 5) is 29.7. The number of carbonyl (C=O) groups is 1. The molecule has 0 bridgehead atoms. The number of hydrogen-bond acceptors (Lipinski definition) is 6. The molecule has 3 unspecified atom stereocenters. The Morgan fingerprint density at radius 3 is 2.34 bits per heavy atom. The molecular formula is C24H33N5O3. The summed E-state index contributed by atoms with van der Waals surface area (Å²) in [6.45, 7) is 10.6. The summed E-state index contributed by atoms with van der Waals surface area (Å²) < 4.78 is 7.00. The molecule has 1 saturated heterocycles. The van der Waals surface area contributed by atoms with E-state index in [1.165, 1.54) is 10.1 Å². The molecule has 2 aliphatic rings. The van der Waals surface area contributed by atoms with Crippen molar-refractivity contribution in [1.29, 1.82) is 0 Å². The van der Waals surface area contributed by atoms with Crippen LogP contribution in [-0.2, 0) is 11.2 Å². The lowest BCUT2D eigenvalue weighted by atomic mass is 9.84. The molecule has 2 heterocycles. The quantitative estimate of drug-likeness (QED) is 0.714. The highest BCUT2D eigenvalue weighted by atomic mass is 16.6. The number of nitrogens with zero attached hydrogens (tertiary/aromatic N) is 3. The van der Waals surface area contributed by atoms with E-state index in [1.54, 1.807) is 12.3 Å². The van der Waals surface area contributed by atoms with Crippen molar-refractivity contribution in [2.45, 2.75) is 46.3 Å². The first kappa shape index (κ1) is 22.3. The maximum Gasteiger partial charge on any atom is 0.404 e. The van der Waals surface area contributed by atoms with Crippen molar-refractivity contribution >= 4 is 11.9 Å². The minimum Gasteiger partial charge on any atom is -0.446 e.